The van der Waals surface area contributed by atoms with Crippen LogP contribution in [-0.4, -0.2) is 24.1 Å². The first-order chi connectivity index (χ1) is 8.18. The predicted molar refractivity (Wildman–Crippen MR) is 72.7 cm³/mol. The van der Waals surface area contributed by atoms with Gasteiger partial charge in [-0.1, -0.05) is 0 Å². The Kier molecular flexibility index (Phi) is 3.58. The van der Waals surface area contributed by atoms with Gasteiger partial charge < -0.3 is 10.2 Å². The van der Waals surface area contributed by atoms with Gasteiger partial charge in [-0.05, 0) is 13.0 Å². The van der Waals surface area contributed by atoms with E-state index in [0.29, 0.717) is 0 Å². The maximum atomic E-state index is 4.24. The second kappa shape index (κ2) is 5.14. The van der Waals surface area contributed by atoms with E-state index in [4.69, 9.17) is 0 Å². The summed E-state index contributed by atoms with van der Waals surface area (Å²) in [6.45, 7) is 2.83. The van der Waals surface area contributed by atoms with Crippen molar-refractivity contribution in [3.05, 3.63) is 34.5 Å². The molecule has 0 aromatic carbocycles. The molecule has 0 saturated carbocycles. The molecule has 0 spiro atoms. The Balaban J connectivity index is 2.11. The van der Waals surface area contributed by atoms with Gasteiger partial charge in [0.1, 0.15) is 0 Å². The molecule has 2 rings (SSSR count). The molecule has 5 heteroatoms. The largest absolute Gasteiger partial charge is 0.377 e. The molecule has 0 aliphatic carbocycles. The van der Waals surface area contributed by atoms with Gasteiger partial charge in [0.25, 0.3) is 0 Å². The fourth-order valence-electron chi connectivity index (χ4n) is 1.58. The fourth-order valence-corrected chi connectivity index (χ4v) is 2.30. The summed E-state index contributed by atoms with van der Waals surface area (Å²) in [5.41, 5.74) is 5.16. The van der Waals surface area contributed by atoms with Crippen LogP contribution in [0.3, 0.4) is 0 Å². The van der Waals surface area contributed by atoms with Crippen molar-refractivity contribution >= 4 is 22.7 Å². The van der Waals surface area contributed by atoms with Gasteiger partial charge in [0.2, 0.25) is 0 Å². The standard InChI is InChI=1S/C12H16N4S/c1-9-12(17-8-15-9)7-14-10-6-13-5-4-11(10)16(2)3/h4-6,8,14H,7H2,1-3H3. The van der Waals surface area contributed by atoms with E-state index < -0.39 is 0 Å². The first kappa shape index (κ1) is 11.9. The monoisotopic (exact) mass is 248 g/mol. The van der Waals surface area contributed by atoms with Gasteiger partial charge in [0.05, 0.1) is 35.3 Å². The molecule has 2 aromatic heterocycles. The van der Waals surface area contributed by atoms with Crippen LogP contribution in [0.15, 0.2) is 24.0 Å². The number of thiazole rings is 1. The molecule has 0 bridgehead atoms. The second-order valence-corrected chi connectivity index (χ2v) is 4.94. The summed E-state index contributed by atoms with van der Waals surface area (Å²) < 4.78 is 0. The van der Waals surface area contributed by atoms with Crippen LogP contribution >= 0.6 is 11.3 Å². The van der Waals surface area contributed by atoms with Crippen LogP contribution < -0.4 is 10.2 Å². The van der Waals surface area contributed by atoms with Crippen molar-refractivity contribution in [1.29, 1.82) is 0 Å². The molecule has 0 aliphatic heterocycles. The van der Waals surface area contributed by atoms with E-state index in [9.17, 15) is 0 Å². The summed E-state index contributed by atoms with van der Waals surface area (Å²) in [7, 11) is 4.05. The Labute approximate surface area is 105 Å². The van der Waals surface area contributed by atoms with Crippen LogP contribution in [-0.2, 0) is 6.54 Å². The Hall–Kier alpha value is -1.62. The lowest BCUT2D eigenvalue weighted by molar-refractivity contribution is 1.08. The summed E-state index contributed by atoms with van der Waals surface area (Å²) in [5.74, 6) is 0. The molecule has 0 saturated heterocycles. The van der Waals surface area contributed by atoms with Gasteiger partial charge in [0.15, 0.2) is 0 Å². The number of nitrogens with one attached hydrogen (secondary N) is 1. The van der Waals surface area contributed by atoms with Crippen LogP contribution in [0.25, 0.3) is 0 Å². The highest BCUT2D eigenvalue weighted by Gasteiger charge is 2.05. The zero-order valence-corrected chi connectivity index (χ0v) is 11.1. The first-order valence-corrected chi connectivity index (χ1v) is 6.30. The number of hydrogen-bond donors (Lipinski definition) is 1. The van der Waals surface area contributed by atoms with Gasteiger partial charge in [-0.2, -0.15) is 0 Å². The van der Waals surface area contributed by atoms with E-state index in [1.807, 2.05) is 38.8 Å². The van der Waals surface area contributed by atoms with Crippen molar-refractivity contribution in [2.45, 2.75) is 13.5 Å². The Morgan fingerprint density at radius 1 is 1.41 bits per heavy atom. The van der Waals surface area contributed by atoms with Gasteiger partial charge in [-0.3, -0.25) is 4.98 Å². The lowest BCUT2D eigenvalue weighted by Crippen LogP contribution is -2.12. The zero-order chi connectivity index (χ0) is 12.3. The van der Waals surface area contributed by atoms with Crippen LogP contribution in [0.1, 0.15) is 10.6 Å². The third-order valence-electron chi connectivity index (χ3n) is 2.56. The van der Waals surface area contributed by atoms with Crippen molar-refractivity contribution in [1.82, 2.24) is 9.97 Å². The van der Waals surface area contributed by atoms with E-state index in [0.717, 1.165) is 23.6 Å². The molecule has 0 aliphatic rings. The molecular weight excluding hydrogens is 232 g/mol. The van der Waals surface area contributed by atoms with Crippen molar-refractivity contribution < 1.29 is 0 Å². The summed E-state index contributed by atoms with van der Waals surface area (Å²) in [5, 5.41) is 3.40. The minimum Gasteiger partial charge on any atom is -0.377 e. The van der Waals surface area contributed by atoms with Crippen molar-refractivity contribution in [2.75, 3.05) is 24.3 Å². The number of aryl methyl sites for hydroxylation is 1. The third-order valence-corrected chi connectivity index (χ3v) is 3.50. The number of anilines is 2. The summed E-state index contributed by atoms with van der Waals surface area (Å²) in [6.07, 6.45) is 3.66. The molecule has 0 amide bonds. The topological polar surface area (TPSA) is 41.1 Å². The lowest BCUT2D eigenvalue weighted by Gasteiger charge is -2.17. The minimum atomic E-state index is 0.795. The highest BCUT2D eigenvalue weighted by atomic mass is 32.1. The third kappa shape index (κ3) is 2.74. The molecule has 0 fully saturated rings. The average Bonchev–Trinajstić information content (AvgIpc) is 2.72. The van der Waals surface area contributed by atoms with Crippen molar-refractivity contribution in [3.63, 3.8) is 0 Å². The van der Waals surface area contributed by atoms with Crippen molar-refractivity contribution in [3.8, 4) is 0 Å². The summed E-state index contributed by atoms with van der Waals surface area (Å²) >= 11 is 1.68. The van der Waals surface area contributed by atoms with Crippen LogP contribution in [0, 0.1) is 6.92 Å². The number of aromatic nitrogens is 2. The number of nitrogens with zero attached hydrogens (tertiary/aromatic N) is 3. The molecule has 0 radical (unpaired) electrons. The molecule has 90 valence electrons. The highest BCUT2D eigenvalue weighted by Crippen LogP contribution is 2.23. The highest BCUT2D eigenvalue weighted by molar-refractivity contribution is 7.09. The average molecular weight is 248 g/mol. The first-order valence-electron chi connectivity index (χ1n) is 5.42. The molecule has 4 nitrogen and oxygen atoms in total. The van der Waals surface area contributed by atoms with E-state index in [-0.39, 0.29) is 0 Å². The van der Waals surface area contributed by atoms with Gasteiger partial charge >= 0.3 is 0 Å². The van der Waals surface area contributed by atoms with Crippen molar-refractivity contribution in [2.24, 2.45) is 0 Å². The molecular formula is C12H16N4S. The Morgan fingerprint density at radius 3 is 2.88 bits per heavy atom. The molecule has 1 N–H and O–H groups in total. The maximum Gasteiger partial charge on any atom is 0.0798 e. The van der Waals surface area contributed by atoms with Gasteiger partial charge in [-0.15, -0.1) is 11.3 Å². The lowest BCUT2D eigenvalue weighted by atomic mass is 10.3. The van der Waals surface area contributed by atoms with Crippen LogP contribution in [0.2, 0.25) is 0 Å². The minimum absolute atomic E-state index is 0.795. The number of rotatable bonds is 4. The number of hydrogen-bond acceptors (Lipinski definition) is 5. The molecule has 0 unspecified atom stereocenters. The SMILES string of the molecule is Cc1ncsc1CNc1cnccc1N(C)C. The fraction of sp³-hybridized carbons (Fsp3) is 0.333. The van der Waals surface area contributed by atoms with Crippen LogP contribution in [0.4, 0.5) is 11.4 Å². The number of pyridine rings is 1. The van der Waals surface area contributed by atoms with E-state index in [1.54, 1.807) is 17.5 Å². The zero-order valence-electron chi connectivity index (χ0n) is 10.3. The Bertz CT molecular complexity index is 493. The normalized spacial score (nSPS) is 10.3. The smallest absolute Gasteiger partial charge is 0.0798 e. The van der Waals surface area contributed by atoms with E-state index in [1.165, 1.54) is 4.88 Å². The van der Waals surface area contributed by atoms with E-state index in [2.05, 4.69) is 20.2 Å². The molecule has 2 aromatic rings. The van der Waals surface area contributed by atoms with E-state index >= 15 is 0 Å². The van der Waals surface area contributed by atoms with Gasteiger partial charge in [0, 0.05) is 25.2 Å². The predicted octanol–water partition coefficient (Wildman–Crippen LogP) is 2.52. The quantitative estimate of drug-likeness (QED) is 0.902. The van der Waals surface area contributed by atoms with Crippen LogP contribution in [0.5, 0.6) is 0 Å². The summed E-state index contributed by atoms with van der Waals surface area (Å²) in [6, 6.07) is 2.00. The molecule has 0 atom stereocenters. The molecule has 2 heterocycles. The van der Waals surface area contributed by atoms with Gasteiger partial charge in [-0.25, -0.2) is 4.98 Å². The maximum absolute atomic E-state index is 4.24. The second-order valence-electron chi connectivity index (χ2n) is 4.00. The molecule has 17 heavy (non-hydrogen) atoms. The Morgan fingerprint density at radius 2 is 2.24 bits per heavy atom. The summed E-state index contributed by atoms with van der Waals surface area (Å²) in [4.78, 5) is 11.7.